The van der Waals surface area contributed by atoms with Crippen molar-refractivity contribution in [2.45, 2.75) is 44.1 Å². The molecule has 0 aromatic heterocycles. The van der Waals surface area contributed by atoms with Crippen LogP contribution in [0.25, 0.3) is 0 Å². The average Bonchev–Trinajstić information content (AvgIpc) is 2.96. The predicted molar refractivity (Wildman–Crippen MR) is 73.1 cm³/mol. The quantitative estimate of drug-likeness (QED) is 0.517. The van der Waals surface area contributed by atoms with Gasteiger partial charge in [0.25, 0.3) is 0 Å². The van der Waals surface area contributed by atoms with Crippen molar-refractivity contribution in [1.82, 2.24) is 5.32 Å². The van der Waals surface area contributed by atoms with Crippen LogP contribution in [0.5, 0.6) is 0 Å². The van der Waals surface area contributed by atoms with Crippen molar-refractivity contribution in [3.05, 3.63) is 12.0 Å². The van der Waals surface area contributed by atoms with Crippen LogP contribution in [0.2, 0.25) is 0 Å². The molecule has 0 aromatic rings. The van der Waals surface area contributed by atoms with Crippen molar-refractivity contribution < 1.29 is 9.90 Å². The van der Waals surface area contributed by atoms with E-state index in [9.17, 15) is 9.90 Å². The summed E-state index contributed by atoms with van der Waals surface area (Å²) in [5.41, 5.74) is -0.623. The van der Waals surface area contributed by atoms with Gasteiger partial charge in [0.2, 0.25) is 0 Å². The number of aliphatic carboxylic acids is 1. The van der Waals surface area contributed by atoms with Gasteiger partial charge < -0.3 is 0 Å². The molecule has 2 rings (SSSR count). The second-order valence-corrected chi connectivity index (χ2v) is 5.08. The summed E-state index contributed by atoms with van der Waals surface area (Å²) in [6.45, 7) is 3.03. The summed E-state index contributed by atoms with van der Waals surface area (Å²) >= 11 is 0. The Morgan fingerprint density at radius 3 is 3.06 bits per heavy atom. The second kappa shape index (κ2) is 5.67. The van der Waals surface area contributed by atoms with Gasteiger partial charge in [-0.25, -0.2) is 0 Å². The fourth-order valence-electron chi connectivity index (χ4n) is 2.76. The summed E-state index contributed by atoms with van der Waals surface area (Å²) in [7, 11) is 1.09. The maximum atomic E-state index is 11.3. The van der Waals surface area contributed by atoms with Gasteiger partial charge >= 0.3 is 103 Å². The molecule has 0 aliphatic carbocycles. The van der Waals surface area contributed by atoms with Gasteiger partial charge in [-0.3, -0.25) is 0 Å². The third kappa shape index (κ3) is 3.09. The normalized spacial score (nSPS) is 26.5. The zero-order valence-electron chi connectivity index (χ0n) is 10.2. The van der Waals surface area contributed by atoms with E-state index in [-0.39, 0.29) is 0 Å². The van der Waals surface area contributed by atoms with E-state index in [0.29, 0.717) is 0 Å². The van der Waals surface area contributed by atoms with Crippen LogP contribution >= 0.6 is 0 Å². The number of hydrogen-bond donors (Lipinski definition) is 2. The Bertz CT molecular complexity index is 346. The summed E-state index contributed by atoms with van der Waals surface area (Å²) in [5, 5.41) is 13.9. The van der Waals surface area contributed by atoms with Crippen LogP contribution < -0.4 is 5.32 Å². The van der Waals surface area contributed by atoms with Gasteiger partial charge in [0.05, 0.1) is 0 Å². The van der Waals surface area contributed by atoms with Crippen LogP contribution in [0.4, 0.5) is 0 Å². The van der Waals surface area contributed by atoms with Crippen LogP contribution in [-0.4, -0.2) is 42.7 Å². The van der Waals surface area contributed by atoms with E-state index in [0.717, 1.165) is 52.3 Å². The van der Waals surface area contributed by atoms with Crippen molar-refractivity contribution >= 4 is 25.5 Å². The molecule has 17 heavy (non-hydrogen) atoms. The first kappa shape index (κ1) is 12.6. The molecule has 3 nitrogen and oxygen atoms in total. The Kier molecular flexibility index (Phi) is 4.21. The number of nitrogens with one attached hydrogen (secondary N) is 1. The van der Waals surface area contributed by atoms with Gasteiger partial charge in [0, 0.05) is 0 Å². The van der Waals surface area contributed by atoms with Crippen molar-refractivity contribution in [1.29, 1.82) is 0 Å². The summed E-state index contributed by atoms with van der Waals surface area (Å²) in [6.07, 6.45) is 5.75. The van der Waals surface area contributed by atoms with Gasteiger partial charge in [0.1, 0.15) is 0 Å². The third-order valence-electron chi connectivity index (χ3n) is 3.85. The molecule has 0 radical (unpaired) electrons. The molecular weight excluding hydrogens is 212 g/mol. The molecular formula is C12H19B2NO2. The molecule has 0 bridgehead atoms. The standard InChI is InChI=1S/C12H19B2NO2/c16-11(17)12(6-3-9-15-12)5-2-1-4-10-13-7-8-14-10/h7-8,13,15H,1-6,9H2,(H,16,17)/t12-/m1/s1. The number of carboxylic acid groups (broad SMARTS) is 1. The van der Waals surface area contributed by atoms with Crippen molar-refractivity contribution in [3.8, 4) is 0 Å². The molecule has 2 aliphatic heterocycles. The van der Waals surface area contributed by atoms with Crippen molar-refractivity contribution in [2.24, 2.45) is 0 Å². The molecule has 1 atom stereocenters. The number of hydrogen-bond acceptors (Lipinski definition) is 2. The fourth-order valence-corrected chi connectivity index (χ4v) is 2.76. The van der Waals surface area contributed by atoms with E-state index in [2.05, 4.69) is 24.2 Å². The van der Waals surface area contributed by atoms with Gasteiger partial charge in [0.15, 0.2) is 0 Å². The zero-order valence-corrected chi connectivity index (χ0v) is 10.2. The molecule has 5 heteroatoms. The molecule has 1 fully saturated rings. The van der Waals surface area contributed by atoms with Crippen LogP contribution in [0.3, 0.4) is 0 Å². The molecule has 0 spiro atoms. The predicted octanol–water partition coefficient (Wildman–Crippen LogP) is 0.509. The topological polar surface area (TPSA) is 49.3 Å². The molecule has 90 valence electrons. The third-order valence-corrected chi connectivity index (χ3v) is 3.85. The Hall–Kier alpha value is -0.830. The SMILES string of the molecule is O=C(O)[C@@]1(CCCCC2=BC=CB2)CCCN1. The van der Waals surface area contributed by atoms with Crippen LogP contribution in [-0.2, 0) is 4.79 Å². The van der Waals surface area contributed by atoms with E-state index in [1.54, 1.807) is 0 Å². The minimum atomic E-state index is -0.670. The summed E-state index contributed by atoms with van der Waals surface area (Å²) in [5.74, 6) is 3.61. The number of carbonyl (C=O) groups is 1. The Labute approximate surface area is 104 Å². The maximum absolute atomic E-state index is 11.3. The number of rotatable bonds is 6. The molecule has 0 unspecified atom stereocenters. The first-order valence-corrected chi connectivity index (χ1v) is 6.56. The van der Waals surface area contributed by atoms with Gasteiger partial charge in [-0.2, -0.15) is 0 Å². The van der Waals surface area contributed by atoms with E-state index in [1.807, 2.05) is 0 Å². The Balaban J connectivity index is 1.71. The van der Waals surface area contributed by atoms with Crippen LogP contribution in [0, 0.1) is 0 Å². The summed E-state index contributed by atoms with van der Waals surface area (Å²) in [4.78, 5) is 11.3. The molecule has 0 saturated carbocycles. The molecule has 2 N–H and O–H groups in total. The van der Waals surface area contributed by atoms with E-state index < -0.39 is 11.5 Å². The second-order valence-electron chi connectivity index (χ2n) is 5.08. The van der Waals surface area contributed by atoms with Crippen molar-refractivity contribution in [2.75, 3.05) is 6.54 Å². The molecule has 0 aromatic carbocycles. The fraction of sp³-hybridized carbons (Fsp3) is 0.667. The van der Waals surface area contributed by atoms with Crippen LogP contribution in [0.15, 0.2) is 12.0 Å². The summed E-state index contributed by atoms with van der Waals surface area (Å²) in [6, 6.07) is 0. The Morgan fingerprint density at radius 1 is 1.59 bits per heavy atom. The van der Waals surface area contributed by atoms with Gasteiger partial charge in [-0.1, -0.05) is 0 Å². The number of carboxylic acids is 1. The van der Waals surface area contributed by atoms with Gasteiger partial charge in [-0.05, 0) is 0 Å². The average molecular weight is 231 g/mol. The molecule has 0 amide bonds. The zero-order chi connectivity index (χ0) is 12.1. The van der Waals surface area contributed by atoms with E-state index in [1.165, 1.54) is 5.36 Å². The first-order chi connectivity index (χ1) is 8.23. The van der Waals surface area contributed by atoms with Crippen LogP contribution in [0.1, 0.15) is 38.5 Å². The molecule has 2 heterocycles. The van der Waals surface area contributed by atoms with E-state index >= 15 is 0 Å². The molecule has 2 aliphatic rings. The van der Waals surface area contributed by atoms with E-state index in [4.69, 9.17) is 0 Å². The van der Waals surface area contributed by atoms with Crippen molar-refractivity contribution in [3.63, 3.8) is 0 Å². The Morgan fingerprint density at radius 2 is 2.47 bits per heavy atom. The monoisotopic (exact) mass is 231 g/mol. The van der Waals surface area contributed by atoms with Gasteiger partial charge in [-0.15, -0.1) is 0 Å². The first-order valence-electron chi connectivity index (χ1n) is 6.56. The molecule has 1 saturated heterocycles. The summed E-state index contributed by atoms with van der Waals surface area (Å²) < 4.78 is 0. The number of unbranched alkanes of at least 4 members (excludes halogenated alkanes) is 1. The minimum absolute atomic E-state index is 0.623.